The van der Waals surface area contributed by atoms with Crippen LogP contribution in [0.3, 0.4) is 0 Å². The van der Waals surface area contributed by atoms with Crippen molar-refractivity contribution in [3.05, 3.63) is 24.2 Å². The molecule has 0 aliphatic rings. The molecular formula is C8H7F3O4. The van der Waals surface area contributed by atoms with Gasteiger partial charge in [-0.05, 0) is 6.07 Å². The molecule has 0 fully saturated rings. The average molecular weight is 224 g/mol. The van der Waals surface area contributed by atoms with Crippen molar-refractivity contribution in [2.24, 2.45) is 0 Å². The quantitative estimate of drug-likeness (QED) is 0.785. The Bertz CT molecular complexity index is 312. The van der Waals surface area contributed by atoms with E-state index < -0.39 is 24.9 Å². The van der Waals surface area contributed by atoms with Crippen molar-refractivity contribution in [3.8, 4) is 0 Å². The Morgan fingerprint density at radius 1 is 1.47 bits per heavy atom. The second-order valence-electron chi connectivity index (χ2n) is 2.58. The SMILES string of the molecule is O=C(OC(F)C(F)F)C(O)c1ccoc1. The first-order valence-corrected chi connectivity index (χ1v) is 3.85. The number of hydrogen-bond acceptors (Lipinski definition) is 4. The molecule has 0 aliphatic carbocycles. The van der Waals surface area contributed by atoms with Gasteiger partial charge in [-0.3, -0.25) is 0 Å². The lowest BCUT2D eigenvalue weighted by molar-refractivity contribution is -0.183. The van der Waals surface area contributed by atoms with Crippen LogP contribution in [0.2, 0.25) is 0 Å². The van der Waals surface area contributed by atoms with Crippen molar-refractivity contribution < 1.29 is 32.2 Å². The first kappa shape index (κ1) is 11.6. The highest BCUT2D eigenvalue weighted by molar-refractivity contribution is 5.76. The van der Waals surface area contributed by atoms with Crippen molar-refractivity contribution in [1.29, 1.82) is 0 Å². The molecule has 0 saturated heterocycles. The van der Waals surface area contributed by atoms with Gasteiger partial charge in [-0.15, -0.1) is 0 Å². The highest BCUT2D eigenvalue weighted by Crippen LogP contribution is 2.17. The summed E-state index contributed by atoms with van der Waals surface area (Å²) in [6.45, 7) is 0. The largest absolute Gasteiger partial charge is 0.472 e. The lowest BCUT2D eigenvalue weighted by Crippen LogP contribution is -2.24. The number of alkyl halides is 3. The van der Waals surface area contributed by atoms with Crippen LogP contribution in [0.15, 0.2) is 23.0 Å². The molecule has 1 heterocycles. The van der Waals surface area contributed by atoms with Crippen molar-refractivity contribution in [2.45, 2.75) is 18.9 Å². The van der Waals surface area contributed by atoms with Crippen LogP contribution in [0.1, 0.15) is 11.7 Å². The zero-order chi connectivity index (χ0) is 11.4. The van der Waals surface area contributed by atoms with E-state index in [-0.39, 0.29) is 5.56 Å². The smallest absolute Gasteiger partial charge is 0.342 e. The van der Waals surface area contributed by atoms with Gasteiger partial charge in [0.25, 0.3) is 0 Å². The van der Waals surface area contributed by atoms with Gasteiger partial charge in [-0.1, -0.05) is 0 Å². The van der Waals surface area contributed by atoms with E-state index in [1.54, 1.807) is 0 Å². The summed E-state index contributed by atoms with van der Waals surface area (Å²) in [6, 6.07) is 1.22. The second kappa shape index (κ2) is 4.83. The van der Waals surface area contributed by atoms with E-state index in [9.17, 15) is 18.0 Å². The standard InChI is InChI=1S/C8H7F3O4/c9-6(10)7(11)15-8(13)5(12)4-1-2-14-3-4/h1-3,5-7,12H. The molecule has 1 N–H and O–H groups in total. The molecule has 0 radical (unpaired) electrons. The van der Waals surface area contributed by atoms with Gasteiger partial charge in [0.05, 0.1) is 12.5 Å². The summed E-state index contributed by atoms with van der Waals surface area (Å²) in [6.07, 6.45) is -6.14. The van der Waals surface area contributed by atoms with E-state index in [1.807, 2.05) is 0 Å². The van der Waals surface area contributed by atoms with E-state index in [0.29, 0.717) is 0 Å². The first-order chi connectivity index (χ1) is 7.02. The molecule has 2 unspecified atom stereocenters. The normalized spacial score (nSPS) is 15.0. The minimum atomic E-state index is -3.44. The van der Waals surface area contributed by atoms with Crippen molar-refractivity contribution in [1.82, 2.24) is 0 Å². The van der Waals surface area contributed by atoms with Crippen molar-refractivity contribution in [3.63, 3.8) is 0 Å². The van der Waals surface area contributed by atoms with E-state index in [1.165, 1.54) is 6.07 Å². The van der Waals surface area contributed by atoms with Crippen LogP contribution in [0.25, 0.3) is 0 Å². The summed E-state index contributed by atoms with van der Waals surface area (Å²) in [5.41, 5.74) is 0.00136. The van der Waals surface area contributed by atoms with Gasteiger partial charge in [0.2, 0.25) is 0 Å². The molecule has 84 valence electrons. The molecule has 0 spiro atoms. The number of ether oxygens (including phenoxy) is 1. The Labute approximate surface area is 82.3 Å². The molecule has 1 rings (SSSR count). The van der Waals surface area contributed by atoms with Crippen LogP contribution in [0.4, 0.5) is 13.2 Å². The maximum Gasteiger partial charge on any atom is 0.342 e. The highest BCUT2D eigenvalue weighted by atomic mass is 19.3. The molecule has 0 bridgehead atoms. The van der Waals surface area contributed by atoms with Gasteiger partial charge in [0, 0.05) is 5.56 Å². The average Bonchev–Trinajstić information content (AvgIpc) is 2.68. The fourth-order valence-electron chi connectivity index (χ4n) is 0.794. The summed E-state index contributed by atoms with van der Waals surface area (Å²) >= 11 is 0. The molecule has 0 aliphatic heterocycles. The highest BCUT2D eigenvalue weighted by Gasteiger charge is 2.28. The second-order valence-corrected chi connectivity index (χ2v) is 2.58. The Hall–Kier alpha value is -1.50. The number of furan rings is 1. The molecule has 15 heavy (non-hydrogen) atoms. The maximum atomic E-state index is 12.3. The van der Waals surface area contributed by atoms with Crippen LogP contribution < -0.4 is 0 Å². The lowest BCUT2D eigenvalue weighted by Gasteiger charge is -2.11. The van der Waals surface area contributed by atoms with E-state index in [2.05, 4.69) is 9.15 Å². The number of rotatable bonds is 4. The molecule has 0 saturated carbocycles. The fraction of sp³-hybridized carbons (Fsp3) is 0.375. The topological polar surface area (TPSA) is 59.7 Å². The molecule has 4 nitrogen and oxygen atoms in total. The van der Waals surface area contributed by atoms with Crippen molar-refractivity contribution >= 4 is 5.97 Å². The van der Waals surface area contributed by atoms with Gasteiger partial charge in [-0.25, -0.2) is 13.6 Å². The van der Waals surface area contributed by atoms with E-state index >= 15 is 0 Å². The number of aliphatic hydroxyl groups is 1. The lowest BCUT2D eigenvalue weighted by atomic mass is 10.2. The van der Waals surface area contributed by atoms with E-state index in [4.69, 9.17) is 5.11 Å². The number of halogens is 3. The fourth-order valence-corrected chi connectivity index (χ4v) is 0.794. The Morgan fingerprint density at radius 3 is 2.60 bits per heavy atom. The summed E-state index contributed by atoms with van der Waals surface area (Å²) in [7, 11) is 0. The summed E-state index contributed by atoms with van der Waals surface area (Å²) < 4.78 is 43.7. The minimum absolute atomic E-state index is 0.00136. The molecular weight excluding hydrogens is 217 g/mol. The minimum Gasteiger partial charge on any atom is -0.472 e. The third-order valence-corrected chi connectivity index (χ3v) is 1.51. The monoisotopic (exact) mass is 224 g/mol. The molecule has 0 amide bonds. The predicted octanol–water partition coefficient (Wildman–Crippen LogP) is 1.42. The van der Waals surface area contributed by atoms with Crippen LogP contribution in [0, 0.1) is 0 Å². The Balaban J connectivity index is 2.54. The van der Waals surface area contributed by atoms with Crippen LogP contribution >= 0.6 is 0 Å². The molecule has 1 aromatic heterocycles. The molecule has 1 aromatic rings. The summed E-state index contributed by atoms with van der Waals surface area (Å²) in [5.74, 6) is -1.50. The maximum absolute atomic E-state index is 12.3. The Morgan fingerprint density at radius 2 is 2.13 bits per heavy atom. The number of carbonyl (C=O) groups excluding carboxylic acids is 1. The third kappa shape index (κ3) is 2.98. The van der Waals surface area contributed by atoms with Crippen LogP contribution in [-0.4, -0.2) is 23.9 Å². The zero-order valence-corrected chi connectivity index (χ0v) is 7.27. The zero-order valence-electron chi connectivity index (χ0n) is 7.27. The van der Waals surface area contributed by atoms with Gasteiger partial charge < -0.3 is 14.3 Å². The van der Waals surface area contributed by atoms with Crippen LogP contribution in [-0.2, 0) is 9.53 Å². The molecule has 2 atom stereocenters. The van der Waals surface area contributed by atoms with Crippen molar-refractivity contribution in [2.75, 3.05) is 0 Å². The van der Waals surface area contributed by atoms with E-state index in [0.717, 1.165) is 12.5 Å². The number of aliphatic hydroxyl groups excluding tert-OH is 1. The molecule has 0 aromatic carbocycles. The van der Waals surface area contributed by atoms with Gasteiger partial charge in [0.15, 0.2) is 6.10 Å². The first-order valence-electron chi connectivity index (χ1n) is 3.85. The number of hydrogen-bond donors (Lipinski definition) is 1. The van der Waals surface area contributed by atoms with Crippen LogP contribution in [0.5, 0.6) is 0 Å². The number of carbonyl (C=O) groups is 1. The summed E-state index contributed by atoms with van der Waals surface area (Å²) in [5, 5.41) is 9.16. The molecule has 7 heteroatoms. The van der Waals surface area contributed by atoms with Gasteiger partial charge in [0.1, 0.15) is 0 Å². The predicted molar refractivity (Wildman–Crippen MR) is 40.7 cm³/mol. The van der Waals surface area contributed by atoms with Gasteiger partial charge >= 0.3 is 18.8 Å². The number of esters is 1. The summed E-state index contributed by atoms with van der Waals surface area (Å²) in [4.78, 5) is 10.9. The third-order valence-electron chi connectivity index (χ3n) is 1.51. The Kier molecular flexibility index (Phi) is 3.73. The van der Waals surface area contributed by atoms with Gasteiger partial charge in [-0.2, -0.15) is 4.39 Å².